The minimum atomic E-state index is -0.729. The number of carbonyl (C=O) groups is 2. The molecule has 0 unspecified atom stereocenters. The van der Waals surface area contributed by atoms with Crippen molar-refractivity contribution in [3.05, 3.63) is 25.1 Å². The third-order valence-electron chi connectivity index (χ3n) is 2.38. The van der Waals surface area contributed by atoms with Crippen LogP contribution in [0.2, 0.25) is 25.1 Å². The summed E-state index contributed by atoms with van der Waals surface area (Å²) in [6.45, 7) is 0. The highest BCUT2D eigenvalue weighted by atomic mass is 35.5. The lowest BCUT2D eigenvalue weighted by molar-refractivity contribution is -0.145. The molecule has 2 rings (SSSR count). The lowest BCUT2D eigenvalue weighted by Gasteiger charge is -2.25. The minimum Gasteiger partial charge on any atom is -0.422 e. The van der Waals surface area contributed by atoms with E-state index in [9.17, 15) is 9.59 Å². The molecular formula is C10H4Cl5NO3. The second-order valence-electron chi connectivity index (χ2n) is 3.64. The fourth-order valence-corrected chi connectivity index (χ4v) is 2.55. The maximum atomic E-state index is 11.7. The van der Waals surface area contributed by atoms with Crippen molar-refractivity contribution >= 4 is 69.9 Å². The van der Waals surface area contributed by atoms with Gasteiger partial charge in [-0.1, -0.05) is 58.0 Å². The molecule has 1 aromatic carbocycles. The Morgan fingerprint density at radius 3 is 1.84 bits per heavy atom. The van der Waals surface area contributed by atoms with Gasteiger partial charge in [-0.25, -0.2) is 4.79 Å². The number of esters is 1. The van der Waals surface area contributed by atoms with Gasteiger partial charge < -0.3 is 10.1 Å². The van der Waals surface area contributed by atoms with Crippen molar-refractivity contribution in [1.29, 1.82) is 0 Å². The van der Waals surface area contributed by atoms with Gasteiger partial charge in [0, 0.05) is 0 Å². The van der Waals surface area contributed by atoms with Gasteiger partial charge in [-0.2, -0.15) is 0 Å². The van der Waals surface area contributed by atoms with E-state index in [1.165, 1.54) is 0 Å². The minimum absolute atomic E-state index is 0.0323. The SMILES string of the molecule is O=C1C[C@H](C(=O)Oc2c(Cl)c(Cl)c(Cl)c(Cl)c2Cl)N1. The normalized spacial score (nSPS) is 17.7. The van der Waals surface area contributed by atoms with E-state index in [0.717, 1.165) is 0 Å². The predicted molar refractivity (Wildman–Crippen MR) is 73.7 cm³/mol. The van der Waals surface area contributed by atoms with Crippen LogP contribution < -0.4 is 10.1 Å². The number of benzene rings is 1. The van der Waals surface area contributed by atoms with Crippen molar-refractivity contribution in [2.24, 2.45) is 0 Å². The Balaban J connectivity index is 2.30. The van der Waals surface area contributed by atoms with E-state index in [4.69, 9.17) is 62.7 Å². The summed E-state index contributed by atoms with van der Waals surface area (Å²) in [6, 6.07) is -0.729. The number of β-lactam (4-membered cyclic amide) rings is 1. The zero-order valence-electron chi connectivity index (χ0n) is 8.90. The Bertz CT molecular complexity index is 552. The maximum absolute atomic E-state index is 11.7. The molecule has 9 heteroatoms. The van der Waals surface area contributed by atoms with Crippen LogP contribution in [-0.4, -0.2) is 17.9 Å². The number of rotatable bonds is 2. The average molecular weight is 363 g/mol. The monoisotopic (exact) mass is 361 g/mol. The highest BCUT2D eigenvalue weighted by Gasteiger charge is 2.34. The molecule has 19 heavy (non-hydrogen) atoms. The molecule has 0 spiro atoms. The quantitative estimate of drug-likeness (QED) is 0.286. The van der Waals surface area contributed by atoms with Crippen molar-refractivity contribution < 1.29 is 14.3 Å². The van der Waals surface area contributed by atoms with E-state index in [2.05, 4.69) is 5.32 Å². The van der Waals surface area contributed by atoms with Crippen LogP contribution in [0.15, 0.2) is 0 Å². The summed E-state index contributed by atoms with van der Waals surface area (Å²) in [4.78, 5) is 22.4. The van der Waals surface area contributed by atoms with Gasteiger partial charge in [0.05, 0.1) is 21.5 Å². The lowest BCUT2D eigenvalue weighted by atomic mass is 10.1. The number of hydrogen-bond donors (Lipinski definition) is 1. The van der Waals surface area contributed by atoms with Crippen LogP contribution in [0.5, 0.6) is 5.75 Å². The van der Waals surface area contributed by atoms with Crippen molar-refractivity contribution in [1.82, 2.24) is 5.32 Å². The largest absolute Gasteiger partial charge is 0.422 e. The van der Waals surface area contributed by atoms with Gasteiger partial charge in [0.15, 0.2) is 5.75 Å². The molecule has 1 atom stereocenters. The van der Waals surface area contributed by atoms with Crippen molar-refractivity contribution in [3.63, 3.8) is 0 Å². The van der Waals surface area contributed by atoms with Gasteiger partial charge in [0.1, 0.15) is 16.1 Å². The maximum Gasteiger partial charge on any atom is 0.334 e. The van der Waals surface area contributed by atoms with Crippen LogP contribution >= 0.6 is 58.0 Å². The second-order valence-corrected chi connectivity index (χ2v) is 5.53. The Labute approximate surface area is 132 Å². The molecule has 1 heterocycles. The molecule has 0 radical (unpaired) electrons. The topological polar surface area (TPSA) is 55.4 Å². The Morgan fingerprint density at radius 1 is 1.00 bits per heavy atom. The van der Waals surface area contributed by atoms with Crippen LogP contribution in [0.3, 0.4) is 0 Å². The van der Waals surface area contributed by atoms with Gasteiger partial charge in [-0.05, 0) is 0 Å². The molecule has 1 fully saturated rings. The van der Waals surface area contributed by atoms with Gasteiger partial charge in [0.25, 0.3) is 0 Å². The van der Waals surface area contributed by atoms with Gasteiger partial charge in [0.2, 0.25) is 5.91 Å². The predicted octanol–water partition coefficient (Wildman–Crippen LogP) is 3.75. The number of ether oxygens (including phenoxy) is 1. The van der Waals surface area contributed by atoms with E-state index in [1.54, 1.807) is 0 Å². The first kappa shape index (κ1) is 15.0. The molecule has 4 nitrogen and oxygen atoms in total. The van der Waals surface area contributed by atoms with Crippen LogP contribution in [-0.2, 0) is 9.59 Å². The molecule has 0 bridgehead atoms. The molecule has 1 aliphatic heterocycles. The summed E-state index contributed by atoms with van der Waals surface area (Å²) >= 11 is 29.2. The summed E-state index contributed by atoms with van der Waals surface area (Å²) < 4.78 is 5.00. The highest BCUT2D eigenvalue weighted by Crippen LogP contribution is 2.48. The smallest absolute Gasteiger partial charge is 0.334 e. The van der Waals surface area contributed by atoms with E-state index in [0.29, 0.717) is 0 Å². The number of amides is 1. The molecular weight excluding hydrogens is 359 g/mol. The number of halogens is 5. The first-order valence-corrected chi connectivity index (χ1v) is 6.74. The average Bonchev–Trinajstić information content (AvgIpc) is 2.35. The summed E-state index contributed by atoms with van der Waals surface area (Å²) in [5, 5.41) is 1.93. The lowest BCUT2D eigenvalue weighted by Crippen LogP contribution is -2.54. The molecule has 1 aliphatic rings. The number of hydrogen-bond acceptors (Lipinski definition) is 3. The fraction of sp³-hybridized carbons (Fsp3) is 0.200. The zero-order chi connectivity index (χ0) is 14.3. The van der Waals surface area contributed by atoms with E-state index < -0.39 is 12.0 Å². The van der Waals surface area contributed by atoms with E-state index >= 15 is 0 Å². The van der Waals surface area contributed by atoms with Crippen LogP contribution in [0.1, 0.15) is 6.42 Å². The Kier molecular flexibility index (Phi) is 4.38. The number of carbonyl (C=O) groups excluding carboxylic acids is 2. The second kappa shape index (κ2) is 5.54. The van der Waals surface area contributed by atoms with E-state index in [-0.39, 0.29) is 43.2 Å². The van der Waals surface area contributed by atoms with Crippen LogP contribution in [0.4, 0.5) is 0 Å². The van der Waals surface area contributed by atoms with Crippen molar-refractivity contribution in [3.8, 4) is 5.75 Å². The molecule has 1 amide bonds. The highest BCUT2D eigenvalue weighted by molar-refractivity contribution is 6.55. The van der Waals surface area contributed by atoms with Crippen LogP contribution in [0, 0.1) is 0 Å². The zero-order valence-corrected chi connectivity index (χ0v) is 12.7. The summed E-state index contributed by atoms with van der Waals surface area (Å²) in [7, 11) is 0. The summed E-state index contributed by atoms with van der Waals surface area (Å²) in [5.41, 5.74) is 0. The fourth-order valence-electron chi connectivity index (χ4n) is 1.35. The van der Waals surface area contributed by atoms with Crippen molar-refractivity contribution in [2.45, 2.75) is 12.5 Å². The first-order chi connectivity index (χ1) is 8.82. The molecule has 0 saturated carbocycles. The Morgan fingerprint density at radius 2 is 1.42 bits per heavy atom. The van der Waals surface area contributed by atoms with Gasteiger partial charge in [-0.15, -0.1) is 0 Å². The molecule has 1 aromatic rings. The summed E-state index contributed by atoms with van der Waals surface area (Å²) in [5.74, 6) is -1.14. The third-order valence-corrected chi connectivity index (χ3v) is 4.62. The first-order valence-electron chi connectivity index (χ1n) is 4.85. The standard InChI is InChI=1S/C10H4Cl5NO3/c11-4-5(12)7(14)9(8(15)6(4)13)19-10(18)2-1-3(17)16-2/h2H,1H2,(H,16,17)/t2-/m1/s1. The van der Waals surface area contributed by atoms with Crippen LogP contribution in [0.25, 0.3) is 0 Å². The van der Waals surface area contributed by atoms with Gasteiger partial charge >= 0.3 is 5.97 Å². The molecule has 1 saturated heterocycles. The molecule has 102 valence electrons. The third kappa shape index (κ3) is 2.73. The van der Waals surface area contributed by atoms with Crippen molar-refractivity contribution in [2.75, 3.05) is 0 Å². The molecule has 0 aliphatic carbocycles. The summed E-state index contributed by atoms with van der Waals surface area (Å²) in [6.07, 6.45) is 0.0448. The molecule has 1 N–H and O–H groups in total. The Hall–Kier alpha value is -0.390. The number of nitrogens with one attached hydrogen (secondary N) is 1. The van der Waals surface area contributed by atoms with E-state index in [1.807, 2.05) is 0 Å². The van der Waals surface area contributed by atoms with Gasteiger partial charge in [-0.3, -0.25) is 4.79 Å². The molecule has 0 aromatic heterocycles.